The van der Waals surface area contributed by atoms with Gasteiger partial charge in [0, 0.05) is 10.7 Å². The van der Waals surface area contributed by atoms with Crippen LogP contribution >= 0.6 is 10.7 Å². The molecule has 62 valence electrons. The minimum Gasteiger partial charge on any atom is -0.212 e. The van der Waals surface area contributed by atoms with E-state index in [1.165, 1.54) is 0 Å². The third kappa shape index (κ3) is 3.08. The van der Waals surface area contributed by atoms with Crippen LogP contribution in [-0.2, 0) is 9.05 Å². The van der Waals surface area contributed by atoms with Crippen LogP contribution in [0.5, 0.6) is 0 Å². The summed E-state index contributed by atoms with van der Waals surface area (Å²) in [5.41, 5.74) is 0. The quantitative estimate of drug-likeness (QED) is 0.631. The number of nitriles is 1. The van der Waals surface area contributed by atoms with Gasteiger partial charge < -0.3 is 0 Å². The fourth-order valence-corrected chi connectivity index (χ4v) is 2.17. The lowest BCUT2D eigenvalue weighted by Gasteiger charge is -2.01. The molecule has 5 heteroatoms. The van der Waals surface area contributed by atoms with E-state index in [4.69, 9.17) is 15.9 Å². The van der Waals surface area contributed by atoms with Gasteiger partial charge in [-0.05, 0) is 18.8 Å². The van der Waals surface area contributed by atoms with Crippen LogP contribution in [0.1, 0.15) is 12.8 Å². The van der Waals surface area contributed by atoms with Gasteiger partial charge in [-0.15, -0.1) is 0 Å². The molecule has 1 atom stereocenters. The van der Waals surface area contributed by atoms with Crippen LogP contribution in [0.25, 0.3) is 0 Å². The summed E-state index contributed by atoms with van der Waals surface area (Å²) in [4.78, 5) is 0. The van der Waals surface area contributed by atoms with Crippen LogP contribution in [0.15, 0.2) is 0 Å². The summed E-state index contributed by atoms with van der Waals surface area (Å²) < 4.78 is 21.1. The first-order valence-electron chi connectivity index (χ1n) is 3.35. The summed E-state index contributed by atoms with van der Waals surface area (Å²) in [6.07, 6.45) is 1.93. The van der Waals surface area contributed by atoms with Gasteiger partial charge in [-0.3, -0.25) is 0 Å². The zero-order valence-electron chi connectivity index (χ0n) is 5.83. The van der Waals surface area contributed by atoms with Crippen LogP contribution in [-0.4, -0.2) is 14.2 Å². The van der Waals surface area contributed by atoms with Crippen molar-refractivity contribution >= 4 is 19.7 Å². The van der Waals surface area contributed by atoms with E-state index in [2.05, 4.69) is 0 Å². The highest BCUT2D eigenvalue weighted by atomic mass is 35.7. The van der Waals surface area contributed by atoms with E-state index >= 15 is 0 Å². The SMILES string of the molecule is N#CC(CS(=O)(=O)Cl)C1CC1. The predicted molar refractivity (Wildman–Crippen MR) is 41.5 cm³/mol. The summed E-state index contributed by atoms with van der Waals surface area (Å²) in [5, 5.41) is 8.53. The van der Waals surface area contributed by atoms with E-state index in [1.54, 1.807) is 0 Å². The molecule has 0 N–H and O–H groups in total. The Kier molecular flexibility index (Phi) is 2.40. The molecule has 1 fully saturated rings. The maximum Gasteiger partial charge on any atom is 0.233 e. The zero-order chi connectivity index (χ0) is 8.48. The van der Waals surface area contributed by atoms with E-state index in [9.17, 15) is 8.42 Å². The van der Waals surface area contributed by atoms with Gasteiger partial charge in [0.25, 0.3) is 0 Å². The molecule has 0 aromatic rings. The van der Waals surface area contributed by atoms with Gasteiger partial charge in [-0.25, -0.2) is 8.42 Å². The van der Waals surface area contributed by atoms with E-state index in [0.717, 1.165) is 12.8 Å². The molecule has 1 rings (SSSR count). The van der Waals surface area contributed by atoms with E-state index < -0.39 is 15.0 Å². The van der Waals surface area contributed by atoms with Crippen LogP contribution in [0.4, 0.5) is 0 Å². The average Bonchev–Trinajstić information content (AvgIpc) is 2.61. The molecular formula is C6H8ClNO2S. The summed E-state index contributed by atoms with van der Waals surface area (Å²) in [5.74, 6) is -0.318. The first-order chi connectivity index (χ1) is 5.03. The summed E-state index contributed by atoms with van der Waals surface area (Å²) in [7, 11) is 1.51. The fourth-order valence-electron chi connectivity index (χ4n) is 0.992. The first-order valence-corrected chi connectivity index (χ1v) is 5.83. The topological polar surface area (TPSA) is 57.9 Å². The van der Waals surface area contributed by atoms with Crippen molar-refractivity contribution in [2.24, 2.45) is 11.8 Å². The van der Waals surface area contributed by atoms with Gasteiger partial charge in [-0.1, -0.05) is 0 Å². The number of hydrogen-bond donors (Lipinski definition) is 0. The fraction of sp³-hybridized carbons (Fsp3) is 0.833. The van der Waals surface area contributed by atoms with Gasteiger partial charge in [0.2, 0.25) is 9.05 Å². The number of nitrogens with zero attached hydrogens (tertiary/aromatic N) is 1. The van der Waals surface area contributed by atoms with E-state index in [0.29, 0.717) is 0 Å². The highest BCUT2D eigenvalue weighted by molar-refractivity contribution is 8.13. The average molecular weight is 194 g/mol. The van der Waals surface area contributed by atoms with Crippen molar-refractivity contribution in [2.45, 2.75) is 12.8 Å². The van der Waals surface area contributed by atoms with Crippen molar-refractivity contribution in [1.29, 1.82) is 5.26 Å². The molecule has 0 heterocycles. The van der Waals surface area contributed by atoms with E-state index in [-0.39, 0.29) is 11.7 Å². The van der Waals surface area contributed by atoms with Gasteiger partial charge >= 0.3 is 0 Å². The lowest BCUT2D eigenvalue weighted by Crippen LogP contribution is -2.11. The Labute approximate surface area is 70.4 Å². The predicted octanol–water partition coefficient (Wildman–Crippen LogP) is 1.10. The Morgan fingerprint density at radius 2 is 2.18 bits per heavy atom. The Balaban J connectivity index is 2.52. The van der Waals surface area contributed by atoms with Crippen LogP contribution < -0.4 is 0 Å². The molecule has 0 radical (unpaired) electrons. The van der Waals surface area contributed by atoms with Crippen molar-refractivity contribution in [3.05, 3.63) is 0 Å². The molecule has 0 saturated heterocycles. The second kappa shape index (κ2) is 3.00. The molecule has 0 aromatic carbocycles. The minimum atomic E-state index is -3.49. The smallest absolute Gasteiger partial charge is 0.212 e. The second-order valence-corrected chi connectivity index (χ2v) is 5.60. The molecule has 3 nitrogen and oxygen atoms in total. The maximum atomic E-state index is 10.5. The maximum absolute atomic E-state index is 10.5. The van der Waals surface area contributed by atoms with Crippen LogP contribution in [0, 0.1) is 23.2 Å². The van der Waals surface area contributed by atoms with Crippen molar-refractivity contribution in [2.75, 3.05) is 5.75 Å². The molecule has 0 spiro atoms. The molecule has 11 heavy (non-hydrogen) atoms. The normalized spacial score (nSPS) is 20.7. The lowest BCUT2D eigenvalue weighted by molar-refractivity contribution is 0.582. The Morgan fingerprint density at radius 1 is 1.64 bits per heavy atom. The monoisotopic (exact) mass is 193 g/mol. The Morgan fingerprint density at radius 3 is 2.45 bits per heavy atom. The third-order valence-electron chi connectivity index (χ3n) is 1.74. The molecule has 1 unspecified atom stereocenters. The molecule has 0 aromatic heterocycles. The Hall–Kier alpha value is -0.270. The first kappa shape index (κ1) is 8.82. The lowest BCUT2D eigenvalue weighted by atomic mass is 10.1. The largest absolute Gasteiger partial charge is 0.233 e. The molecule has 0 bridgehead atoms. The van der Waals surface area contributed by atoms with Crippen molar-refractivity contribution in [3.63, 3.8) is 0 Å². The third-order valence-corrected chi connectivity index (χ3v) is 2.87. The van der Waals surface area contributed by atoms with Gasteiger partial charge in [-0.2, -0.15) is 5.26 Å². The minimum absolute atomic E-state index is 0.199. The summed E-state index contributed by atoms with van der Waals surface area (Å²) >= 11 is 0. The molecule has 1 aliphatic carbocycles. The van der Waals surface area contributed by atoms with Gasteiger partial charge in [0.15, 0.2) is 0 Å². The van der Waals surface area contributed by atoms with Gasteiger partial charge in [0.05, 0.1) is 17.7 Å². The van der Waals surface area contributed by atoms with Crippen molar-refractivity contribution < 1.29 is 8.42 Å². The highest BCUT2D eigenvalue weighted by Gasteiger charge is 2.33. The molecular weight excluding hydrogens is 186 g/mol. The zero-order valence-corrected chi connectivity index (χ0v) is 7.40. The van der Waals surface area contributed by atoms with Crippen LogP contribution in [0.2, 0.25) is 0 Å². The van der Waals surface area contributed by atoms with E-state index in [1.807, 2.05) is 6.07 Å². The molecule has 1 saturated carbocycles. The van der Waals surface area contributed by atoms with Gasteiger partial charge in [0.1, 0.15) is 0 Å². The highest BCUT2D eigenvalue weighted by Crippen LogP contribution is 2.37. The summed E-state index contributed by atoms with van der Waals surface area (Å²) in [6.45, 7) is 0. The van der Waals surface area contributed by atoms with Crippen molar-refractivity contribution in [3.8, 4) is 6.07 Å². The standard InChI is InChI=1S/C6H8ClNO2S/c7-11(9,10)4-6(3-8)5-1-2-5/h5-6H,1-2,4H2. The molecule has 0 aliphatic heterocycles. The number of hydrogen-bond acceptors (Lipinski definition) is 3. The second-order valence-electron chi connectivity index (χ2n) is 2.78. The van der Waals surface area contributed by atoms with Crippen molar-refractivity contribution in [1.82, 2.24) is 0 Å². The molecule has 0 amide bonds. The summed E-state index contributed by atoms with van der Waals surface area (Å²) in [6, 6.07) is 1.96. The number of rotatable bonds is 3. The Bertz CT molecular complexity index is 275. The number of halogens is 1. The molecule has 1 aliphatic rings. The van der Waals surface area contributed by atoms with Crippen LogP contribution in [0.3, 0.4) is 0 Å².